The average Bonchev–Trinajstić information content (AvgIpc) is 3.25. The second-order valence-corrected chi connectivity index (χ2v) is 6.41. The van der Waals surface area contributed by atoms with Crippen molar-refractivity contribution in [2.45, 2.75) is 32.4 Å². The van der Waals surface area contributed by atoms with E-state index in [1.165, 1.54) is 0 Å². The molecular formula is C20H21N3O2. The molecule has 0 radical (unpaired) electrons. The fourth-order valence-corrected chi connectivity index (χ4v) is 3.33. The summed E-state index contributed by atoms with van der Waals surface area (Å²) in [4.78, 5) is 17.4. The van der Waals surface area contributed by atoms with Gasteiger partial charge in [-0.1, -0.05) is 30.3 Å². The summed E-state index contributed by atoms with van der Waals surface area (Å²) in [5, 5.41) is 3.00. The van der Waals surface area contributed by atoms with Gasteiger partial charge in [-0.15, -0.1) is 0 Å². The van der Waals surface area contributed by atoms with Crippen LogP contribution in [0.2, 0.25) is 0 Å². The quantitative estimate of drug-likeness (QED) is 0.788. The summed E-state index contributed by atoms with van der Waals surface area (Å²) in [6.45, 7) is 2.97. The predicted octanol–water partition coefficient (Wildman–Crippen LogP) is 3.83. The Hall–Kier alpha value is -2.66. The summed E-state index contributed by atoms with van der Waals surface area (Å²) in [5.41, 5.74) is 3.76. The molecule has 4 rings (SSSR count). The molecule has 25 heavy (non-hydrogen) atoms. The lowest BCUT2D eigenvalue weighted by molar-refractivity contribution is -0.116. The molecule has 1 aliphatic rings. The first-order chi connectivity index (χ1) is 12.2. The second-order valence-electron chi connectivity index (χ2n) is 6.41. The number of hydrogen-bond acceptors (Lipinski definition) is 3. The van der Waals surface area contributed by atoms with Gasteiger partial charge in [0.15, 0.2) is 0 Å². The molecule has 2 heterocycles. The van der Waals surface area contributed by atoms with Crippen LogP contribution < -0.4 is 5.32 Å². The van der Waals surface area contributed by atoms with E-state index in [-0.39, 0.29) is 18.6 Å². The topological polar surface area (TPSA) is 56.2 Å². The van der Waals surface area contributed by atoms with Gasteiger partial charge in [-0.2, -0.15) is 0 Å². The van der Waals surface area contributed by atoms with E-state index < -0.39 is 0 Å². The number of rotatable bonds is 4. The lowest BCUT2D eigenvalue weighted by Gasteiger charge is -2.14. The van der Waals surface area contributed by atoms with Crippen molar-refractivity contribution < 1.29 is 9.53 Å². The zero-order valence-electron chi connectivity index (χ0n) is 14.2. The maximum atomic E-state index is 12.6. The number of anilines is 1. The summed E-state index contributed by atoms with van der Waals surface area (Å²) in [6.07, 6.45) is 1.95. The van der Waals surface area contributed by atoms with Gasteiger partial charge >= 0.3 is 0 Å². The van der Waals surface area contributed by atoms with E-state index in [0.717, 1.165) is 47.6 Å². The fourth-order valence-electron chi connectivity index (χ4n) is 3.33. The minimum Gasteiger partial charge on any atom is -0.370 e. The highest BCUT2D eigenvalue weighted by Gasteiger charge is 2.25. The van der Waals surface area contributed by atoms with Crippen LogP contribution >= 0.6 is 0 Å². The Bertz CT molecular complexity index is 910. The standard InChI is InChI=1S/C20H21N3O2/c1-14-7-2-3-8-15(14)21-19(24)13-23-17-10-5-4-9-16(17)22-20(23)18-11-6-12-25-18/h2-5,7-10,18H,6,11-13H2,1H3,(H,21,24). The van der Waals surface area contributed by atoms with E-state index >= 15 is 0 Å². The molecule has 0 bridgehead atoms. The number of para-hydroxylation sites is 3. The molecule has 1 unspecified atom stereocenters. The third-order valence-electron chi connectivity index (χ3n) is 4.62. The first-order valence-corrected chi connectivity index (χ1v) is 8.64. The average molecular weight is 335 g/mol. The maximum absolute atomic E-state index is 12.6. The highest BCUT2D eigenvalue weighted by molar-refractivity contribution is 5.92. The normalized spacial score (nSPS) is 17.1. The van der Waals surface area contributed by atoms with Gasteiger partial charge in [0, 0.05) is 12.3 Å². The largest absolute Gasteiger partial charge is 0.370 e. The molecule has 5 heteroatoms. The Morgan fingerprint density at radius 3 is 2.84 bits per heavy atom. The Morgan fingerprint density at radius 2 is 2.04 bits per heavy atom. The van der Waals surface area contributed by atoms with Crippen LogP contribution in [0.15, 0.2) is 48.5 Å². The highest BCUT2D eigenvalue weighted by Crippen LogP contribution is 2.30. The summed E-state index contributed by atoms with van der Waals surface area (Å²) in [6, 6.07) is 15.7. The SMILES string of the molecule is Cc1ccccc1NC(=O)Cn1c(C2CCCO2)nc2ccccc21. The number of amides is 1. The Morgan fingerprint density at radius 1 is 1.24 bits per heavy atom. The number of aryl methyl sites for hydroxylation is 1. The van der Waals surface area contributed by atoms with Crippen molar-refractivity contribution in [1.29, 1.82) is 0 Å². The van der Waals surface area contributed by atoms with Crippen molar-refractivity contribution in [1.82, 2.24) is 9.55 Å². The minimum atomic E-state index is -0.0586. The van der Waals surface area contributed by atoms with Crippen LogP contribution in [0.5, 0.6) is 0 Å². The molecule has 3 aromatic rings. The van der Waals surface area contributed by atoms with Crippen molar-refractivity contribution in [2.24, 2.45) is 0 Å². The molecular weight excluding hydrogens is 314 g/mol. The molecule has 1 aromatic heterocycles. The van der Waals surface area contributed by atoms with E-state index in [9.17, 15) is 4.79 Å². The molecule has 5 nitrogen and oxygen atoms in total. The third-order valence-corrected chi connectivity index (χ3v) is 4.62. The minimum absolute atomic E-state index is 0.0290. The number of imidazole rings is 1. The van der Waals surface area contributed by atoms with Gasteiger partial charge in [-0.25, -0.2) is 4.98 Å². The Kier molecular flexibility index (Phi) is 4.24. The third kappa shape index (κ3) is 3.15. The van der Waals surface area contributed by atoms with Crippen LogP contribution in [-0.4, -0.2) is 22.1 Å². The number of nitrogens with one attached hydrogen (secondary N) is 1. The number of carbonyl (C=O) groups excluding carboxylic acids is 1. The van der Waals surface area contributed by atoms with Crippen molar-refractivity contribution in [3.05, 3.63) is 59.9 Å². The van der Waals surface area contributed by atoms with Crippen LogP contribution in [-0.2, 0) is 16.1 Å². The van der Waals surface area contributed by atoms with Crippen molar-refractivity contribution >= 4 is 22.6 Å². The molecule has 1 fully saturated rings. The lowest BCUT2D eigenvalue weighted by Crippen LogP contribution is -2.21. The van der Waals surface area contributed by atoms with E-state index in [4.69, 9.17) is 9.72 Å². The molecule has 0 spiro atoms. The van der Waals surface area contributed by atoms with Crippen LogP contribution in [0, 0.1) is 6.92 Å². The monoisotopic (exact) mass is 335 g/mol. The molecule has 1 amide bonds. The molecule has 0 saturated carbocycles. The van der Waals surface area contributed by atoms with Crippen LogP contribution in [0.1, 0.15) is 30.3 Å². The summed E-state index contributed by atoms with van der Waals surface area (Å²) < 4.78 is 7.80. The molecule has 1 saturated heterocycles. The highest BCUT2D eigenvalue weighted by atomic mass is 16.5. The van der Waals surface area contributed by atoms with Gasteiger partial charge in [-0.05, 0) is 43.5 Å². The van der Waals surface area contributed by atoms with Gasteiger partial charge in [0.2, 0.25) is 5.91 Å². The Balaban J connectivity index is 1.64. The van der Waals surface area contributed by atoms with Crippen LogP contribution in [0.3, 0.4) is 0 Å². The van der Waals surface area contributed by atoms with Gasteiger partial charge in [0.1, 0.15) is 18.5 Å². The summed E-state index contributed by atoms with van der Waals surface area (Å²) >= 11 is 0. The zero-order chi connectivity index (χ0) is 17.2. The second kappa shape index (κ2) is 6.69. The van der Waals surface area contributed by atoms with Crippen LogP contribution in [0.4, 0.5) is 5.69 Å². The molecule has 0 aliphatic carbocycles. The number of carbonyl (C=O) groups is 1. The van der Waals surface area contributed by atoms with E-state index in [1.807, 2.05) is 60.0 Å². The van der Waals surface area contributed by atoms with Gasteiger partial charge < -0.3 is 14.6 Å². The van der Waals surface area contributed by atoms with E-state index in [1.54, 1.807) is 0 Å². The smallest absolute Gasteiger partial charge is 0.244 e. The van der Waals surface area contributed by atoms with Crippen molar-refractivity contribution in [2.75, 3.05) is 11.9 Å². The van der Waals surface area contributed by atoms with Gasteiger partial charge in [0.05, 0.1) is 11.0 Å². The van der Waals surface area contributed by atoms with Crippen LogP contribution in [0.25, 0.3) is 11.0 Å². The first kappa shape index (κ1) is 15.8. The predicted molar refractivity (Wildman–Crippen MR) is 97.5 cm³/mol. The molecule has 1 atom stereocenters. The number of fused-ring (bicyclic) bond motifs is 1. The lowest BCUT2D eigenvalue weighted by atomic mass is 10.2. The molecule has 2 aromatic carbocycles. The van der Waals surface area contributed by atoms with Crippen molar-refractivity contribution in [3.63, 3.8) is 0 Å². The number of aromatic nitrogens is 2. The number of ether oxygens (including phenoxy) is 1. The fraction of sp³-hybridized carbons (Fsp3) is 0.300. The number of hydrogen-bond donors (Lipinski definition) is 1. The van der Waals surface area contributed by atoms with E-state index in [0.29, 0.717) is 0 Å². The maximum Gasteiger partial charge on any atom is 0.244 e. The molecule has 1 N–H and O–H groups in total. The van der Waals surface area contributed by atoms with E-state index in [2.05, 4.69) is 5.32 Å². The molecule has 128 valence electrons. The number of benzene rings is 2. The summed E-state index contributed by atoms with van der Waals surface area (Å²) in [7, 11) is 0. The first-order valence-electron chi connectivity index (χ1n) is 8.64. The van der Waals surface area contributed by atoms with Crippen molar-refractivity contribution in [3.8, 4) is 0 Å². The zero-order valence-corrected chi connectivity index (χ0v) is 14.2. The van der Waals surface area contributed by atoms with Gasteiger partial charge in [-0.3, -0.25) is 4.79 Å². The van der Waals surface area contributed by atoms with Gasteiger partial charge in [0.25, 0.3) is 0 Å². The number of nitrogens with zero attached hydrogens (tertiary/aromatic N) is 2. The Labute approximate surface area is 146 Å². The molecule has 1 aliphatic heterocycles. The summed E-state index contributed by atoms with van der Waals surface area (Å²) in [5.74, 6) is 0.787.